The van der Waals surface area contributed by atoms with Crippen molar-refractivity contribution in [2.24, 2.45) is 0 Å². The maximum absolute atomic E-state index is 11.2. The van der Waals surface area contributed by atoms with Crippen LogP contribution in [0.2, 0.25) is 0 Å². The monoisotopic (exact) mass is 235 g/mol. The molecule has 0 radical (unpaired) electrons. The fraction of sp³-hybridized carbons (Fsp3) is 0.417. The minimum atomic E-state index is -0.992. The fourth-order valence-corrected chi connectivity index (χ4v) is 1.51. The number of nitrogens with one attached hydrogen (secondary N) is 1. The molecule has 0 aliphatic heterocycles. The van der Waals surface area contributed by atoms with Crippen LogP contribution in [0.5, 0.6) is 0 Å². The van der Waals surface area contributed by atoms with Crippen molar-refractivity contribution < 1.29 is 9.90 Å². The number of carboxylic acid groups (broad SMARTS) is 1. The van der Waals surface area contributed by atoms with Crippen LogP contribution < -0.4 is 5.32 Å². The molecule has 1 heterocycles. The number of rotatable bonds is 5. The summed E-state index contributed by atoms with van der Waals surface area (Å²) in [5.41, 5.74) is 1.46. The van der Waals surface area contributed by atoms with E-state index >= 15 is 0 Å². The summed E-state index contributed by atoms with van der Waals surface area (Å²) < 4.78 is 0. The predicted octanol–water partition coefficient (Wildman–Crippen LogP) is 2.17. The summed E-state index contributed by atoms with van der Waals surface area (Å²) in [5.74, 6) is -0.677. The molecule has 5 nitrogen and oxygen atoms in total. The van der Waals surface area contributed by atoms with Gasteiger partial charge in [0.25, 0.3) is 0 Å². The summed E-state index contributed by atoms with van der Waals surface area (Å²) in [7, 11) is 0. The molecule has 1 atom stereocenters. The summed E-state index contributed by atoms with van der Waals surface area (Å²) in [6, 6.07) is 0.0713. The Bertz CT molecular complexity index is 444. The number of anilines is 1. The van der Waals surface area contributed by atoms with Gasteiger partial charge in [0, 0.05) is 6.04 Å². The zero-order valence-corrected chi connectivity index (χ0v) is 10.3. The molecule has 2 N–H and O–H groups in total. The number of aryl methyl sites for hydroxylation is 1. The second-order valence-electron chi connectivity index (χ2n) is 4.01. The second-order valence-corrected chi connectivity index (χ2v) is 4.01. The van der Waals surface area contributed by atoms with Crippen molar-refractivity contribution in [1.82, 2.24) is 10.2 Å². The molecule has 0 spiro atoms. The molecule has 1 aromatic heterocycles. The second kappa shape index (κ2) is 5.43. The van der Waals surface area contributed by atoms with Gasteiger partial charge in [-0.25, -0.2) is 4.79 Å². The number of aromatic carboxylic acids is 1. The Kier molecular flexibility index (Phi) is 4.20. The van der Waals surface area contributed by atoms with Crippen molar-refractivity contribution in [3.8, 4) is 0 Å². The Morgan fingerprint density at radius 2 is 2.18 bits per heavy atom. The molecule has 5 heteroatoms. The maximum Gasteiger partial charge on any atom is 0.339 e. The van der Waals surface area contributed by atoms with Gasteiger partial charge in [0.15, 0.2) is 5.82 Å². The summed E-state index contributed by atoms with van der Waals surface area (Å²) in [6.07, 6.45) is 2.50. The van der Waals surface area contributed by atoms with Gasteiger partial charge in [0.2, 0.25) is 0 Å². The van der Waals surface area contributed by atoms with Crippen LogP contribution in [-0.2, 0) is 0 Å². The van der Waals surface area contributed by atoms with Crippen molar-refractivity contribution in [2.75, 3.05) is 5.32 Å². The first-order valence-corrected chi connectivity index (χ1v) is 5.42. The Morgan fingerprint density at radius 3 is 2.71 bits per heavy atom. The maximum atomic E-state index is 11.2. The van der Waals surface area contributed by atoms with Gasteiger partial charge in [-0.3, -0.25) is 0 Å². The first kappa shape index (κ1) is 13.2. The number of nitrogens with zero attached hydrogens (tertiary/aromatic N) is 2. The molecular formula is C12H17N3O2. The highest BCUT2D eigenvalue weighted by Gasteiger charge is 2.18. The van der Waals surface area contributed by atoms with Crippen molar-refractivity contribution >= 4 is 11.8 Å². The minimum absolute atomic E-state index is 0.0713. The first-order chi connectivity index (χ1) is 7.97. The average Bonchev–Trinajstić information content (AvgIpc) is 2.23. The highest BCUT2D eigenvalue weighted by Crippen LogP contribution is 2.19. The zero-order valence-electron chi connectivity index (χ0n) is 10.3. The lowest BCUT2D eigenvalue weighted by Gasteiger charge is -2.15. The van der Waals surface area contributed by atoms with Crippen molar-refractivity contribution in [3.63, 3.8) is 0 Å². The molecule has 1 rings (SSSR count). The van der Waals surface area contributed by atoms with Crippen LogP contribution in [0.4, 0.5) is 5.82 Å². The van der Waals surface area contributed by atoms with Gasteiger partial charge < -0.3 is 10.4 Å². The Labute approximate surface area is 101 Å². The van der Waals surface area contributed by atoms with Crippen LogP contribution in [0, 0.1) is 13.8 Å². The predicted molar refractivity (Wildman–Crippen MR) is 66.4 cm³/mol. The van der Waals surface area contributed by atoms with E-state index in [9.17, 15) is 9.90 Å². The summed E-state index contributed by atoms with van der Waals surface area (Å²) in [5, 5.41) is 20.1. The van der Waals surface area contributed by atoms with Crippen molar-refractivity contribution in [1.29, 1.82) is 0 Å². The minimum Gasteiger partial charge on any atom is -0.478 e. The van der Waals surface area contributed by atoms with E-state index in [1.165, 1.54) is 0 Å². The summed E-state index contributed by atoms with van der Waals surface area (Å²) in [6.45, 7) is 9.05. The van der Waals surface area contributed by atoms with E-state index < -0.39 is 5.97 Å². The molecular weight excluding hydrogens is 218 g/mol. The van der Waals surface area contributed by atoms with Gasteiger partial charge in [-0.15, -0.1) is 11.7 Å². The molecule has 1 unspecified atom stereocenters. The molecule has 0 amide bonds. The molecule has 0 aliphatic carbocycles. The summed E-state index contributed by atoms with van der Waals surface area (Å²) in [4.78, 5) is 11.2. The SMILES string of the molecule is C=CCC(C)Nc1nnc(C)c(C)c1C(=O)O. The summed E-state index contributed by atoms with van der Waals surface area (Å²) >= 11 is 0. The molecule has 17 heavy (non-hydrogen) atoms. The molecule has 92 valence electrons. The lowest BCUT2D eigenvalue weighted by Crippen LogP contribution is -2.19. The quantitative estimate of drug-likeness (QED) is 0.765. The third-order valence-corrected chi connectivity index (χ3v) is 2.57. The molecule has 0 saturated carbocycles. The lowest BCUT2D eigenvalue weighted by molar-refractivity contribution is 0.0696. The average molecular weight is 235 g/mol. The van der Waals surface area contributed by atoms with Gasteiger partial charge in [0.1, 0.15) is 5.56 Å². The highest BCUT2D eigenvalue weighted by atomic mass is 16.4. The van der Waals surface area contributed by atoms with E-state index in [1.54, 1.807) is 19.9 Å². The number of carbonyl (C=O) groups is 1. The molecule has 0 saturated heterocycles. The van der Waals surface area contributed by atoms with Gasteiger partial charge in [-0.1, -0.05) is 6.08 Å². The van der Waals surface area contributed by atoms with E-state index in [-0.39, 0.29) is 11.6 Å². The fourth-order valence-electron chi connectivity index (χ4n) is 1.51. The smallest absolute Gasteiger partial charge is 0.339 e. The largest absolute Gasteiger partial charge is 0.478 e. The van der Waals surface area contributed by atoms with Gasteiger partial charge >= 0.3 is 5.97 Å². The Morgan fingerprint density at radius 1 is 1.53 bits per heavy atom. The van der Waals surface area contributed by atoms with Gasteiger partial charge in [-0.2, -0.15) is 5.10 Å². The van der Waals surface area contributed by atoms with E-state index in [4.69, 9.17) is 0 Å². The lowest BCUT2D eigenvalue weighted by atomic mass is 10.1. The first-order valence-electron chi connectivity index (χ1n) is 5.42. The van der Waals surface area contributed by atoms with Gasteiger partial charge in [-0.05, 0) is 32.8 Å². The van der Waals surface area contributed by atoms with Crippen LogP contribution in [0.25, 0.3) is 0 Å². The normalized spacial score (nSPS) is 11.9. The number of aromatic nitrogens is 2. The van der Waals surface area contributed by atoms with Crippen molar-refractivity contribution in [2.45, 2.75) is 33.2 Å². The molecule has 0 aromatic carbocycles. The third kappa shape index (κ3) is 3.03. The van der Waals surface area contributed by atoms with E-state index in [1.807, 2.05) is 6.92 Å². The molecule has 1 aromatic rings. The van der Waals surface area contributed by atoms with Crippen LogP contribution >= 0.6 is 0 Å². The number of hydrogen-bond donors (Lipinski definition) is 2. The molecule has 0 fully saturated rings. The third-order valence-electron chi connectivity index (χ3n) is 2.57. The highest BCUT2D eigenvalue weighted by molar-refractivity contribution is 5.94. The van der Waals surface area contributed by atoms with Gasteiger partial charge in [0.05, 0.1) is 5.69 Å². The van der Waals surface area contributed by atoms with E-state index in [0.717, 1.165) is 6.42 Å². The zero-order chi connectivity index (χ0) is 13.0. The van der Waals surface area contributed by atoms with E-state index in [0.29, 0.717) is 17.1 Å². The number of carboxylic acids is 1. The van der Waals surface area contributed by atoms with Crippen LogP contribution in [0.15, 0.2) is 12.7 Å². The van der Waals surface area contributed by atoms with Crippen LogP contribution in [0.3, 0.4) is 0 Å². The van der Waals surface area contributed by atoms with Crippen molar-refractivity contribution in [3.05, 3.63) is 29.5 Å². The topological polar surface area (TPSA) is 75.1 Å². The Balaban J connectivity index is 3.11. The van der Waals surface area contributed by atoms with E-state index in [2.05, 4.69) is 22.1 Å². The Hall–Kier alpha value is -1.91. The standard InChI is InChI=1S/C12H17N3O2/c1-5-6-7(2)13-11-10(12(16)17)8(3)9(4)14-15-11/h5,7H,1,6H2,2-4H3,(H,13,15)(H,16,17). The molecule has 0 bridgehead atoms. The van der Waals surface area contributed by atoms with Crippen LogP contribution in [-0.4, -0.2) is 27.3 Å². The van der Waals surface area contributed by atoms with Crippen LogP contribution in [0.1, 0.15) is 35.0 Å². The molecule has 0 aliphatic rings. The number of hydrogen-bond acceptors (Lipinski definition) is 4.